The van der Waals surface area contributed by atoms with Crippen LogP contribution in [0.4, 0.5) is 0 Å². The van der Waals surface area contributed by atoms with Crippen LogP contribution in [0.5, 0.6) is 0 Å². The molecule has 21 heavy (non-hydrogen) atoms. The number of hydrogen-bond donors (Lipinski definition) is 1. The third-order valence-electron chi connectivity index (χ3n) is 4.64. The molecule has 1 aliphatic carbocycles. The average Bonchev–Trinajstić information content (AvgIpc) is 3.09. The van der Waals surface area contributed by atoms with E-state index in [4.69, 9.17) is 10.3 Å². The summed E-state index contributed by atoms with van der Waals surface area (Å²) in [5.41, 5.74) is 6.58. The highest BCUT2D eigenvalue weighted by Gasteiger charge is 2.40. The third kappa shape index (κ3) is 3.11. The van der Waals surface area contributed by atoms with E-state index in [1.165, 1.54) is 0 Å². The van der Waals surface area contributed by atoms with E-state index in [-0.39, 0.29) is 5.91 Å². The van der Waals surface area contributed by atoms with Crippen molar-refractivity contribution in [2.75, 3.05) is 26.2 Å². The Labute approximate surface area is 125 Å². The maximum Gasteiger partial charge on any atom is 0.242 e. The highest BCUT2D eigenvalue weighted by Crippen LogP contribution is 2.29. The van der Waals surface area contributed by atoms with E-state index in [1.54, 1.807) is 0 Å². The Morgan fingerprint density at radius 1 is 1.33 bits per heavy atom. The summed E-state index contributed by atoms with van der Waals surface area (Å²) in [6.45, 7) is 5.92. The van der Waals surface area contributed by atoms with Gasteiger partial charge < -0.3 is 15.2 Å². The Balaban J connectivity index is 1.52. The second-order valence-electron chi connectivity index (χ2n) is 6.37. The molecule has 1 amide bonds. The van der Waals surface area contributed by atoms with Crippen molar-refractivity contribution < 1.29 is 9.32 Å². The molecule has 0 atom stereocenters. The number of hydrogen-bond acceptors (Lipinski definition) is 5. The van der Waals surface area contributed by atoms with Gasteiger partial charge in [-0.15, -0.1) is 0 Å². The van der Waals surface area contributed by atoms with Crippen LogP contribution in [0.25, 0.3) is 0 Å². The summed E-state index contributed by atoms with van der Waals surface area (Å²) in [6, 6.07) is 1.96. The van der Waals surface area contributed by atoms with E-state index < -0.39 is 5.54 Å². The largest absolute Gasteiger partial charge is 0.360 e. The molecular weight excluding hydrogens is 268 g/mol. The Morgan fingerprint density at radius 2 is 2.00 bits per heavy atom. The van der Waals surface area contributed by atoms with Gasteiger partial charge in [0.15, 0.2) is 5.76 Å². The van der Waals surface area contributed by atoms with Gasteiger partial charge >= 0.3 is 0 Å². The lowest BCUT2D eigenvalue weighted by Crippen LogP contribution is -2.58. The van der Waals surface area contributed by atoms with Crippen LogP contribution < -0.4 is 5.73 Å². The second kappa shape index (κ2) is 5.77. The Hall–Kier alpha value is -1.40. The zero-order chi connectivity index (χ0) is 14.9. The molecule has 116 valence electrons. The van der Waals surface area contributed by atoms with Gasteiger partial charge in [0, 0.05) is 32.2 Å². The van der Waals surface area contributed by atoms with E-state index >= 15 is 0 Å². The quantitative estimate of drug-likeness (QED) is 0.896. The minimum absolute atomic E-state index is 0.148. The predicted octanol–water partition coefficient (Wildman–Crippen LogP) is 0.899. The average molecular weight is 292 g/mol. The Bertz CT molecular complexity index is 500. The van der Waals surface area contributed by atoms with Crippen LogP contribution in [0, 0.1) is 6.92 Å². The summed E-state index contributed by atoms with van der Waals surface area (Å²) in [4.78, 5) is 16.8. The molecule has 2 fully saturated rings. The van der Waals surface area contributed by atoms with Gasteiger partial charge in [-0.25, -0.2) is 0 Å². The number of amides is 1. The predicted molar refractivity (Wildman–Crippen MR) is 78.5 cm³/mol. The van der Waals surface area contributed by atoms with E-state index in [2.05, 4.69) is 10.1 Å². The van der Waals surface area contributed by atoms with E-state index in [1.807, 2.05) is 17.9 Å². The molecule has 0 bridgehead atoms. The molecule has 0 unspecified atom stereocenters. The van der Waals surface area contributed by atoms with Crippen molar-refractivity contribution in [3.63, 3.8) is 0 Å². The van der Waals surface area contributed by atoms with Gasteiger partial charge in [0.2, 0.25) is 5.91 Å². The first kappa shape index (κ1) is 14.5. The number of nitrogens with zero attached hydrogens (tertiary/aromatic N) is 3. The van der Waals surface area contributed by atoms with E-state index in [9.17, 15) is 4.79 Å². The number of carbonyl (C=O) groups is 1. The van der Waals surface area contributed by atoms with Crippen LogP contribution >= 0.6 is 0 Å². The number of carbonyl (C=O) groups excluding carboxylic acids is 1. The first-order chi connectivity index (χ1) is 10.1. The summed E-state index contributed by atoms with van der Waals surface area (Å²) < 4.78 is 5.25. The minimum atomic E-state index is -0.593. The van der Waals surface area contributed by atoms with Gasteiger partial charge in [-0.2, -0.15) is 0 Å². The van der Waals surface area contributed by atoms with E-state index in [0.717, 1.165) is 69.9 Å². The molecule has 1 saturated carbocycles. The monoisotopic (exact) mass is 292 g/mol. The molecule has 0 radical (unpaired) electrons. The Morgan fingerprint density at radius 3 is 2.57 bits per heavy atom. The SMILES string of the molecule is Cc1cc(CN2CCN(C(=O)C3(N)CCCC3)CC2)on1. The maximum atomic E-state index is 12.5. The van der Waals surface area contributed by atoms with Gasteiger partial charge in [-0.05, 0) is 19.8 Å². The van der Waals surface area contributed by atoms with Gasteiger partial charge in [0.25, 0.3) is 0 Å². The van der Waals surface area contributed by atoms with Crippen LogP contribution in [0.15, 0.2) is 10.6 Å². The summed E-state index contributed by atoms with van der Waals surface area (Å²) >= 11 is 0. The number of nitrogens with two attached hydrogens (primary N) is 1. The lowest BCUT2D eigenvalue weighted by molar-refractivity contribution is -0.138. The van der Waals surface area contributed by atoms with Crippen molar-refractivity contribution in [2.24, 2.45) is 5.73 Å². The summed E-state index contributed by atoms with van der Waals surface area (Å²) in [6.07, 6.45) is 3.83. The van der Waals surface area contributed by atoms with Crippen LogP contribution in [0.1, 0.15) is 37.1 Å². The molecule has 6 heteroatoms. The van der Waals surface area contributed by atoms with Gasteiger partial charge in [-0.3, -0.25) is 9.69 Å². The number of piperazine rings is 1. The molecule has 1 aliphatic heterocycles. The van der Waals surface area contributed by atoms with Gasteiger partial charge in [0.1, 0.15) is 0 Å². The van der Waals surface area contributed by atoms with Gasteiger partial charge in [0.05, 0.1) is 17.8 Å². The van der Waals surface area contributed by atoms with Crippen molar-refractivity contribution in [1.29, 1.82) is 0 Å². The molecule has 6 nitrogen and oxygen atoms in total. The highest BCUT2D eigenvalue weighted by atomic mass is 16.5. The lowest BCUT2D eigenvalue weighted by Gasteiger charge is -2.38. The Kier molecular flexibility index (Phi) is 3.99. The molecule has 0 aromatic carbocycles. The molecule has 2 heterocycles. The molecular formula is C15H24N4O2. The lowest BCUT2D eigenvalue weighted by atomic mass is 9.97. The topological polar surface area (TPSA) is 75.6 Å². The normalized spacial score (nSPS) is 22.7. The molecule has 3 rings (SSSR count). The molecule has 1 saturated heterocycles. The fourth-order valence-electron chi connectivity index (χ4n) is 3.35. The van der Waals surface area contributed by atoms with E-state index in [0.29, 0.717) is 0 Å². The van der Waals surface area contributed by atoms with Crippen molar-refractivity contribution in [3.05, 3.63) is 17.5 Å². The van der Waals surface area contributed by atoms with Crippen LogP contribution in [-0.4, -0.2) is 52.6 Å². The molecule has 1 aromatic rings. The fourth-order valence-corrected chi connectivity index (χ4v) is 3.35. The van der Waals surface area contributed by atoms with Crippen LogP contribution in [-0.2, 0) is 11.3 Å². The molecule has 0 spiro atoms. The summed E-state index contributed by atoms with van der Waals surface area (Å²) in [7, 11) is 0. The first-order valence-electron chi connectivity index (χ1n) is 7.80. The smallest absolute Gasteiger partial charge is 0.242 e. The molecule has 2 aliphatic rings. The second-order valence-corrected chi connectivity index (χ2v) is 6.37. The van der Waals surface area contributed by atoms with Crippen molar-refractivity contribution in [3.8, 4) is 0 Å². The fraction of sp³-hybridized carbons (Fsp3) is 0.733. The number of aromatic nitrogens is 1. The first-order valence-corrected chi connectivity index (χ1v) is 7.80. The van der Waals surface area contributed by atoms with Crippen molar-refractivity contribution in [1.82, 2.24) is 15.0 Å². The zero-order valence-electron chi connectivity index (χ0n) is 12.7. The maximum absolute atomic E-state index is 12.5. The number of aryl methyl sites for hydroxylation is 1. The summed E-state index contributed by atoms with van der Waals surface area (Å²) in [5, 5.41) is 3.90. The zero-order valence-corrected chi connectivity index (χ0v) is 12.7. The van der Waals surface area contributed by atoms with Crippen LogP contribution in [0.2, 0.25) is 0 Å². The number of rotatable bonds is 3. The van der Waals surface area contributed by atoms with Crippen LogP contribution in [0.3, 0.4) is 0 Å². The highest BCUT2D eigenvalue weighted by molar-refractivity contribution is 5.86. The minimum Gasteiger partial charge on any atom is -0.360 e. The summed E-state index contributed by atoms with van der Waals surface area (Å²) in [5.74, 6) is 1.04. The molecule has 2 N–H and O–H groups in total. The van der Waals surface area contributed by atoms with Gasteiger partial charge in [-0.1, -0.05) is 18.0 Å². The third-order valence-corrected chi connectivity index (χ3v) is 4.64. The molecule has 1 aromatic heterocycles. The standard InChI is InChI=1S/C15H24N4O2/c1-12-10-13(21-17-12)11-18-6-8-19(9-7-18)14(20)15(16)4-2-3-5-15/h10H,2-9,11,16H2,1H3. The van der Waals surface area contributed by atoms with Crippen molar-refractivity contribution >= 4 is 5.91 Å². The van der Waals surface area contributed by atoms with Crippen molar-refractivity contribution in [2.45, 2.75) is 44.7 Å².